The van der Waals surface area contributed by atoms with E-state index in [1.54, 1.807) is 52.0 Å². The number of rotatable bonds is 11. The highest BCUT2D eigenvalue weighted by molar-refractivity contribution is 5.87. The van der Waals surface area contributed by atoms with E-state index in [2.05, 4.69) is 0 Å². The third-order valence-corrected chi connectivity index (χ3v) is 12.8. The summed E-state index contributed by atoms with van der Waals surface area (Å²) in [7, 11) is 2.81. The van der Waals surface area contributed by atoms with Crippen molar-refractivity contribution in [2.75, 3.05) is 14.2 Å². The van der Waals surface area contributed by atoms with Crippen molar-refractivity contribution in [1.82, 2.24) is 0 Å². The molecule has 0 aromatic heterocycles. The molecule has 0 radical (unpaired) electrons. The first-order valence-electron chi connectivity index (χ1n) is 21.7. The Bertz CT molecular complexity index is 1580. The van der Waals surface area contributed by atoms with Crippen molar-refractivity contribution in [2.24, 2.45) is 41.2 Å². The summed E-state index contributed by atoms with van der Waals surface area (Å²) in [6.07, 6.45) is 2.14. The van der Waals surface area contributed by atoms with Crippen molar-refractivity contribution in [3.8, 4) is 0 Å². The summed E-state index contributed by atoms with van der Waals surface area (Å²) in [6, 6.07) is 0. The molecule has 348 valence electrons. The van der Waals surface area contributed by atoms with Crippen LogP contribution in [0, 0.1) is 35.5 Å². The van der Waals surface area contributed by atoms with E-state index in [0.29, 0.717) is 18.4 Å². The largest absolute Gasteiger partial charge is 0.490 e. The third kappa shape index (κ3) is 13.7. The number of hydrogen-bond acceptors (Lipinski definition) is 14. The predicted octanol–water partition coefficient (Wildman–Crippen LogP) is 4.98. The van der Waals surface area contributed by atoms with Crippen molar-refractivity contribution in [3.05, 3.63) is 59.4 Å². The van der Waals surface area contributed by atoms with Crippen molar-refractivity contribution in [1.29, 1.82) is 0 Å². The minimum absolute atomic E-state index is 0.0113. The summed E-state index contributed by atoms with van der Waals surface area (Å²) in [4.78, 5) is 25.5. The lowest BCUT2D eigenvalue weighted by Gasteiger charge is -2.49. The van der Waals surface area contributed by atoms with E-state index >= 15 is 0 Å². The topological polar surface area (TPSA) is 226 Å². The maximum Gasteiger partial charge on any atom is 0.404 e. The van der Waals surface area contributed by atoms with Crippen molar-refractivity contribution < 1.29 is 68.3 Å². The Morgan fingerprint density at radius 1 is 1.07 bits per heavy atom. The number of primary amides is 1. The number of cyclic esters (lactones) is 1. The summed E-state index contributed by atoms with van der Waals surface area (Å²) >= 11 is 0. The minimum atomic E-state index is -1.98. The van der Waals surface area contributed by atoms with Gasteiger partial charge in [-0.3, -0.25) is 0 Å². The SMILES string of the molecule is CC=CC1OC(O)(C(C)C(O)C(C)C2OC(=O)C(OC)=CC(C)=CC(C)C(O)C(CC)C(O)C(C)CC(C)=CC=CC2OC)CC(OC2CC(OC(N)=O)C(O)C(C)O2)C1C. The van der Waals surface area contributed by atoms with Gasteiger partial charge >= 0.3 is 12.1 Å². The Balaban J connectivity index is 2.02. The van der Waals surface area contributed by atoms with Crippen LogP contribution < -0.4 is 5.73 Å². The predicted molar refractivity (Wildman–Crippen MR) is 228 cm³/mol. The van der Waals surface area contributed by atoms with Crippen LogP contribution in [0.1, 0.15) is 94.9 Å². The highest BCUT2D eigenvalue weighted by Gasteiger charge is 2.52. The number of esters is 1. The van der Waals surface area contributed by atoms with Gasteiger partial charge in [0, 0.05) is 49.5 Å². The van der Waals surface area contributed by atoms with Crippen LogP contribution in [0.4, 0.5) is 4.79 Å². The van der Waals surface area contributed by atoms with Crippen LogP contribution in [-0.4, -0.2) is 125 Å². The fraction of sp³-hybridized carbons (Fsp3) is 0.739. The van der Waals surface area contributed by atoms with Gasteiger partial charge in [0.1, 0.15) is 24.4 Å². The number of carbonyl (C=O) groups excluding carboxylic acids is 2. The molecule has 0 aliphatic carbocycles. The highest BCUT2D eigenvalue weighted by Crippen LogP contribution is 2.42. The van der Waals surface area contributed by atoms with E-state index in [9.17, 15) is 35.1 Å². The molecule has 15 nitrogen and oxygen atoms in total. The number of nitrogens with two attached hydrogens (primary N) is 1. The molecule has 15 heteroatoms. The normalized spacial score (nSPS) is 39.1. The Kier molecular flexibility index (Phi) is 20.1. The lowest BCUT2D eigenvalue weighted by Crippen LogP contribution is -2.59. The molecule has 3 rings (SSSR count). The van der Waals surface area contributed by atoms with Crippen molar-refractivity contribution in [2.45, 2.75) is 168 Å². The maximum absolute atomic E-state index is 13.9. The molecule has 0 bridgehead atoms. The molecule has 3 aliphatic rings. The molecule has 18 atom stereocenters. The van der Waals surface area contributed by atoms with Gasteiger partial charge in [0.15, 0.2) is 12.1 Å². The number of allylic oxidation sites excluding steroid dienone is 6. The monoisotopic (exact) mass is 866 g/mol. The van der Waals surface area contributed by atoms with Crippen molar-refractivity contribution in [3.63, 3.8) is 0 Å². The summed E-state index contributed by atoms with van der Waals surface area (Å²) in [5.41, 5.74) is 6.84. The molecule has 3 heterocycles. The molecule has 0 spiro atoms. The van der Waals surface area contributed by atoms with E-state index in [1.807, 2.05) is 53.7 Å². The van der Waals surface area contributed by atoms with E-state index in [0.717, 1.165) is 5.57 Å². The molecule has 2 saturated heterocycles. The van der Waals surface area contributed by atoms with Crippen LogP contribution in [0.5, 0.6) is 0 Å². The van der Waals surface area contributed by atoms with Gasteiger partial charge in [-0.2, -0.15) is 0 Å². The Morgan fingerprint density at radius 3 is 2.33 bits per heavy atom. The number of hydrogen-bond donors (Lipinski definition) is 6. The number of aliphatic hydroxyl groups is 5. The standard InChI is InChI=1S/C46H75NO14/c1-13-16-33-28(7)37(58-38-22-35(59-45(47)53)42(51)31(10)57-38)23-46(54,61-33)30(9)41(50)29(8)43-34(55-11)18-15-17-24(3)19-26(5)39(48)32(14-2)40(49)27(6)20-25(4)21-36(56-12)44(52)60-43/h13,15-18,20-21,26-35,37-43,48-51,54H,14,19,22-23H2,1-12H3,(H2,47,53). The first-order chi connectivity index (χ1) is 28.6. The first-order valence-corrected chi connectivity index (χ1v) is 21.7. The second-order valence-corrected chi connectivity index (χ2v) is 17.5. The minimum Gasteiger partial charge on any atom is -0.490 e. The molecule has 0 saturated carbocycles. The number of ether oxygens (including phenoxy) is 7. The summed E-state index contributed by atoms with van der Waals surface area (Å²) in [5.74, 6) is -6.03. The van der Waals surface area contributed by atoms with Crippen LogP contribution in [0.3, 0.4) is 0 Å². The lowest BCUT2D eigenvalue weighted by atomic mass is 9.77. The van der Waals surface area contributed by atoms with Crippen LogP contribution in [0.25, 0.3) is 0 Å². The van der Waals surface area contributed by atoms with Crippen LogP contribution in [-0.2, 0) is 38.0 Å². The summed E-state index contributed by atoms with van der Waals surface area (Å²) in [5, 5.41) is 57.8. The smallest absolute Gasteiger partial charge is 0.404 e. The molecule has 61 heavy (non-hydrogen) atoms. The van der Waals surface area contributed by atoms with Crippen LogP contribution in [0.2, 0.25) is 0 Å². The average molecular weight is 866 g/mol. The van der Waals surface area contributed by atoms with E-state index < -0.39 is 97.0 Å². The van der Waals surface area contributed by atoms with Crippen LogP contribution in [0.15, 0.2) is 59.4 Å². The van der Waals surface area contributed by atoms with E-state index in [4.69, 9.17) is 38.9 Å². The van der Waals surface area contributed by atoms with E-state index in [1.165, 1.54) is 20.3 Å². The first kappa shape index (κ1) is 52.2. The Labute approximate surface area is 362 Å². The second kappa shape index (κ2) is 23.5. The van der Waals surface area contributed by atoms with Crippen molar-refractivity contribution >= 4 is 12.1 Å². The fourth-order valence-electron chi connectivity index (χ4n) is 8.89. The average Bonchev–Trinajstić information content (AvgIpc) is 3.20. The molecule has 7 N–H and O–H groups in total. The van der Waals surface area contributed by atoms with Gasteiger partial charge in [0.2, 0.25) is 5.76 Å². The van der Waals surface area contributed by atoms with Gasteiger partial charge < -0.3 is 64.4 Å². The maximum atomic E-state index is 13.9. The van der Waals surface area contributed by atoms with Gasteiger partial charge in [0.05, 0.1) is 43.7 Å². The van der Waals surface area contributed by atoms with Crippen LogP contribution >= 0.6 is 0 Å². The summed E-state index contributed by atoms with van der Waals surface area (Å²) in [6.45, 7) is 18.2. The molecule has 1 amide bonds. The Hall–Kier alpha value is -3.12. The molecule has 0 aromatic rings. The number of methoxy groups -OCH3 is 2. The zero-order chi connectivity index (χ0) is 45.9. The number of aliphatic hydroxyl groups excluding tert-OH is 4. The third-order valence-electron chi connectivity index (χ3n) is 12.8. The van der Waals surface area contributed by atoms with Gasteiger partial charge in [-0.05, 0) is 52.5 Å². The fourth-order valence-corrected chi connectivity index (χ4v) is 8.89. The molecule has 3 aliphatic heterocycles. The van der Waals surface area contributed by atoms with Gasteiger partial charge in [-0.1, -0.05) is 89.1 Å². The molecular weight excluding hydrogens is 790 g/mol. The quantitative estimate of drug-likeness (QED) is 0.119. The lowest BCUT2D eigenvalue weighted by molar-refractivity contribution is -0.338. The molecule has 0 aromatic carbocycles. The van der Waals surface area contributed by atoms with E-state index in [-0.39, 0.29) is 42.3 Å². The number of amides is 1. The zero-order valence-electron chi connectivity index (χ0n) is 38.2. The molecule has 2 fully saturated rings. The molecular formula is C46H75NO14. The van der Waals surface area contributed by atoms with Gasteiger partial charge in [-0.25, -0.2) is 9.59 Å². The number of carbonyl (C=O) groups is 2. The van der Waals surface area contributed by atoms with Gasteiger partial charge in [-0.15, -0.1) is 0 Å². The summed E-state index contributed by atoms with van der Waals surface area (Å²) < 4.78 is 41.5. The molecule has 18 unspecified atom stereocenters. The second-order valence-electron chi connectivity index (χ2n) is 17.5. The highest BCUT2D eigenvalue weighted by atomic mass is 16.7. The zero-order valence-corrected chi connectivity index (χ0v) is 38.2. The van der Waals surface area contributed by atoms with Gasteiger partial charge in [0.25, 0.3) is 0 Å². The Morgan fingerprint density at radius 2 is 1.74 bits per heavy atom.